The summed E-state index contributed by atoms with van der Waals surface area (Å²) in [5.41, 5.74) is 2.99. The summed E-state index contributed by atoms with van der Waals surface area (Å²) in [6.07, 6.45) is 3.41. The fourth-order valence-corrected chi connectivity index (χ4v) is 2.80. The van der Waals surface area contributed by atoms with Crippen LogP contribution in [0.1, 0.15) is 28.4 Å². The first-order chi connectivity index (χ1) is 14.1. The van der Waals surface area contributed by atoms with Crippen LogP contribution in [0.15, 0.2) is 73.1 Å². The molecular weight excluding hydrogens is 366 g/mol. The number of amides is 2. The minimum atomic E-state index is -0.192. The molecule has 1 heterocycles. The lowest BCUT2D eigenvalue weighted by Crippen LogP contribution is -2.23. The molecule has 148 valence electrons. The van der Waals surface area contributed by atoms with Crippen molar-refractivity contribution in [2.24, 2.45) is 0 Å². The number of nitrogens with zero attached hydrogens (tertiary/aromatic N) is 1. The maximum atomic E-state index is 12.3. The number of nitrogens with one attached hydrogen (secondary N) is 2. The summed E-state index contributed by atoms with van der Waals surface area (Å²) in [4.78, 5) is 28.4. The zero-order chi connectivity index (χ0) is 20.5. The zero-order valence-corrected chi connectivity index (χ0v) is 16.2. The second-order valence-corrected chi connectivity index (χ2v) is 6.43. The minimum Gasteiger partial charge on any atom is -0.494 e. The van der Waals surface area contributed by atoms with Gasteiger partial charge in [-0.15, -0.1) is 0 Å². The summed E-state index contributed by atoms with van der Waals surface area (Å²) in [5.74, 6) is 0.492. The number of anilines is 1. The molecule has 0 radical (unpaired) electrons. The van der Waals surface area contributed by atoms with Gasteiger partial charge in [-0.25, -0.2) is 0 Å². The van der Waals surface area contributed by atoms with Gasteiger partial charge in [0.1, 0.15) is 5.75 Å². The fraction of sp³-hybridized carbons (Fsp3) is 0.174. The van der Waals surface area contributed by atoms with Gasteiger partial charge in [-0.2, -0.15) is 0 Å². The SMILES string of the molecule is CCOc1ccc(CC(=O)Nc2cccc(CNC(=O)c3cccnc3)c2)cc1. The number of rotatable bonds is 8. The number of ether oxygens (including phenoxy) is 1. The number of pyridine rings is 1. The molecule has 2 amide bonds. The Morgan fingerprint density at radius 1 is 1.00 bits per heavy atom. The molecule has 0 saturated heterocycles. The van der Waals surface area contributed by atoms with E-state index in [1.165, 1.54) is 6.20 Å². The first-order valence-corrected chi connectivity index (χ1v) is 9.43. The monoisotopic (exact) mass is 389 g/mol. The van der Waals surface area contributed by atoms with Gasteiger partial charge in [0.25, 0.3) is 5.91 Å². The molecule has 2 N–H and O–H groups in total. The van der Waals surface area contributed by atoms with Crippen LogP contribution >= 0.6 is 0 Å². The third kappa shape index (κ3) is 6.17. The fourth-order valence-electron chi connectivity index (χ4n) is 2.80. The number of carbonyl (C=O) groups excluding carboxylic acids is 2. The third-order valence-corrected chi connectivity index (χ3v) is 4.19. The lowest BCUT2D eigenvalue weighted by atomic mass is 10.1. The van der Waals surface area contributed by atoms with E-state index in [2.05, 4.69) is 15.6 Å². The summed E-state index contributed by atoms with van der Waals surface area (Å²) < 4.78 is 5.41. The number of aromatic nitrogens is 1. The van der Waals surface area contributed by atoms with E-state index in [1.807, 2.05) is 55.5 Å². The largest absolute Gasteiger partial charge is 0.494 e. The van der Waals surface area contributed by atoms with Crippen molar-refractivity contribution < 1.29 is 14.3 Å². The predicted molar refractivity (Wildman–Crippen MR) is 112 cm³/mol. The van der Waals surface area contributed by atoms with Gasteiger partial charge in [-0.1, -0.05) is 24.3 Å². The molecule has 3 rings (SSSR count). The Labute approximate surface area is 169 Å². The maximum absolute atomic E-state index is 12.3. The van der Waals surface area contributed by atoms with Gasteiger partial charge in [0, 0.05) is 24.6 Å². The van der Waals surface area contributed by atoms with Gasteiger partial charge in [0.15, 0.2) is 0 Å². The molecule has 0 aliphatic rings. The molecular formula is C23H23N3O3. The van der Waals surface area contributed by atoms with Crippen LogP contribution < -0.4 is 15.4 Å². The number of hydrogen-bond donors (Lipinski definition) is 2. The molecule has 29 heavy (non-hydrogen) atoms. The molecule has 0 atom stereocenters. The average Bonchev–Trinajstić information content (AvgIpc) is 2.74. The molecule has 0 aliphatic carbocycles. The van der Waals surface area contributed by atoms with E-state index in [9.17, 15) is 9.59 Å². The van der Waals surface area contributed by atoms with E-state index in [0.29, 0.717) is 24.4 Å². The van der Waals surface area contributed by atoms with E-state index >= 15 is 0 Å². The van der Waals surface area contributed by atoms with Crippen LogP contribution in [0, 0.1) is 0 Å². The Morgan fingerprint density at radius 2 is 1.83 bits per heavy atom. The Morgan fingerprint density at radius 3 is 2.55 bits per heavy atom. The van der Waals surface area contributed by atoms with E-state index in [1.54, 1.807) is 18.3 Å². The molecule has 0 unspecified atom stereocenters. The smallest absolute Gasteiger partial charge is 0.253 e. The van der Waals surface area contributed by atoms with Crippen molar-refractivity contribution in [3.05, 3.63) is 89.7 Å². The molecule has 0 saturated carbocycles. The minimum absolute atomic E-state index is 0.106. The van der Waals surface area contributed by atoms with Gasteiger partial charge < -0.3 is 15.4 Å². The van der Waals surface area contributed by atoms with E-state index in [-0.39, 0.29) is 18.2 Å². The second-order valence-electron chi connectivity index (χ2n) is 6.43. The van der Waals surface area contributed by atoms with Gasteiger partial charge in [0.2, 0.25) is 5.91 Å². The highest BCUT2D eigenvalue weighted by Gasteiger charge is 2.07. The Hall–Kier alpha value is -3.67. The van der Waals surface area contributed by atoms with Crippen molar-refractivity contribution >= 4 is 17.5 Å². The van der Waals surface area contributed by atoms with Crippen molar-refractivity contribution in [3.63, 3.8) is 0 Å². The molecule has 0 bridgehead atoms. The molecule has 2 aromatic carbocycles. The quantitative estimate of drug-likeness (QED) is 0.617. The Balaban J connectivity index is 1.53. The summed E-state index contributed by atoms with van der Waals surface area (Å²) in [7, 11) is 0. The van der Waals surface area contributed by atoms with Crippen LogP contribution in [0.5, 0.6) is 5.75 Å². The Kier molecular flexibility index (Phi) is 6.95. The number of hydrogen-bond acceptors (Lipinski definition) is 4. The molecule has 0 fully saturated rings. The van der Waals surface area contributed by atoms with Gasteiger partial charge in [-0.3, -0.25) is 14.6 Å². The highest BCUT2D eigenvalue weighted by atomic mass is 16.5. The Bertz CT molecular complexity index is 957. The van der Waals surface area contributed by atoms with Crippen molar-refractivity contribution in [2.75, 3.05) is 11.9 Å². The normalized spacial score (nSPS) is 10.2. The number of carbonyl (C=O) groups is 2. The first-order valence-electron chi connectivity index (χ1n) is 9.43. The summed E-state index contributed by atoms with van der Waals surface area (Å²) >= 11 is 0. The second kappa shape index (κ2) is 10.0. The third-order valence-electron chi connectivity index (χ3n) is 4.19. The van der Waals surface area contributed by atoms with Crippen LogP contribution in [0.2, 0.25) is 0 Å². The van der Waals surface area contributed by atoms with Crippen LogP contribution in [-0.2, 0) is 17.8 Å². The highest BCUT2D eigenvalue weighted by Crippen LogP contribution is 2.14. The predicted octanol–water partition coefficient (Wildman–Crippen LogP) is 3.59. The molecule has 0 spiro atoms. The van der Waals surface area contributed by atoms with Crippen LogP contribution in [0.25, 0.3) is 0 Å². The average molecular weight is 389 g/mol. The molecule has 6 nitrogen and oxygen atoms in total. The van der Waals surface area contributed by atoms with Crippen molar-refractivity contribution in [3.8, 4) is 5.75 Å². The summed E-state index contributed by atoms with van der Waals surface area (Å²) in [6.45, 7) is 2.90. The lowest BCUT2D eigenvalue weighted by Gasteiger charge is -2.09. The van der Waals surface area contributed by atoms with Gasteiger partial charge in [0.05, 0.1) is 18.6 Å². The molecule has 1 aromatic heterocycles. The highest BCUT2D eigenvalue weighted by molar-refractivity contribution is 5.94. The standard InChI is InChI=1S/C23H23N3O3/c1-2-29-21-10-8-17(9-11-21)14-22(27)26-20-7-3-5-18(13-20)15-25-23(28)19-6-4-12-24-16-19/h3-13,16H,2,14-15H2,1H3,(H,25,28)(H,26,27). The van der Waals surface area contributed by atoms with Crippen LogP contribution in [0.4, 0.5) is 5.69 Å². The molecule has 6 heteroatoms. The molecule has 3 aromatic rings. The zero-order valence-electron chi connectivity index (χ0n) is 16.2. The van der Waals surface area contributed by atoms with Crippen molar-refractivity contribution in [1.29, 1.82) is 0 Å². The lowest BCUT2D eigenvalue weighted by molar-refractivity contribution is -0.115. The van der Waals surface area contributed by atoms with Crippen molar-refractivity contribution in [2.45, 2.75) is 19.9 Å². The van der Waals surface area contributed by atoms with Crippen LogP contribution in [0.3, 0.4) is 0 Å². The van der Waals surface area contributed by atoms with Crippen molar-refractivity contribution in [1.82, 2.24) is 10.3 Å². The topological polar surface area (TPSA) is 80.3 Å². The summed E-state index contributed by atoms with van der Waals surface area (Å²) in [6, 6.07) is 18.3. The molecule has 0 aliphatic heterocycles. The summed E-state index contributed by atoms with van der Waals surface area (Å²) in [5, 5.41) is 5.74. The van der Waals surface area contributed by atoms with E-state index < -0.39 is 0 Å². The van der Waals surface area contributed by atoms with Gasteiger partial charge in [-0.05, 0) is 54.4 Å². The number of benzene rings is 2. The van der Waals surface area contributed by atoms with Crippen LogP contribution in [-0.4, -0.2) is 23.4 Å². The first kappa shape index (κ1) is 20.1. The maximum Gasteiger partial charge on any atom is 0.253 e. The van der Waals surface area contributed by atoms with E-state index in [0.717, 1.165) is 16.9 Å². The van der Waals surface area contributed by atoms with Gasteiger partial charge >= 0.3 is 0 Å². The van der Waals surface area contributed by atoms with E-state index in [4.69, 9.17) is 4.74 Å².